The smallest absolute Gasteiger partial charge is 0.405 e. The lowest BCUT2D eigenvalue weighted by Crippen LogP contribution is -2.48. The highest BCUT2D eigenvalue weighted by atomic mass is 19.4. The second kappa shape index (κ2) is 8.52. The van der Waals surface area contributed by atoms with Gasteiger partial charge < -0.3 is 14.6 Å². The summed E-state index contributed by atoms with van der Waals surface area (Å²) in [5.74, 6) is 0.0738. The van der Waals surface area contributed by atoms with Gasteiger partial charge in [-0.3, -0.25) is 15.0 Å². The van der Waals surface area contributed by atoms with Gasteiger partial charge in [-0.2, -0.15) is 13.2 Å². The molecule has 2 N–H and O–H groups in total. The van der Waals surface area contributed by atoms with Gasteiger partial charge in [0.2, 0.25) is 5.95 Å². The fourth-order valence-corrected chi connectivity index (χ4v) is 4.06. The number of rotatable bonds is 4. The standard InChI is InChI=1S/C21H19F3N8O3/c1-11-26-8-16(35-11)13-4-6-25-19(29-13)30-20(34)32-12-5-7-31(9-12)15-3-2-14(28-17(15)32)18(33)27-10-21(22,23)24/h2-4,6,8,12H,5,7,9-10H2,1H3,(H,27,33)(H,25,29,30,34)/t12-/m0/s1. The Morgan fingerprint density at radius 2 is 2.03 bits per heavy atom. The number of nitrogens with zero attached hydrogens (tertiary/aromatic N) is 6. The van der Waals surface area contributed by atoms with E-state index in [1.165, 1.54) is 23.4 Å². The Labute approximate surface area is 196 Å². The predicted molar refractivity (Wildman–Crippen MR) is 117 cm³/mol. The number of aryl methyl sites for hydroxylation is 1. The third-order valence-electron chi connectivity index (χ3n) is 5.60. The van der Waals surface area contributed by atoms with E-state index >= 15 is 0 Å². The Balaban J connectivity index is 1.41. The summed E-state index contributed by atoms with van der Waals surface area (Å²) >= 11 is 0. The second-order valence-corrected chi connectivity index (χ2v) is 8.03. The quantitative estimate of drug-likeness (QED) is 0.574. The third-order valence-corrected chi connectivity index (χ3v) is 5.60. The van der Waals surface area contributed by atoms with Crippen molar-refractivity contribution in [2.45, 2.75) is 25.6 Å². The lowest BCUT2D eigenvalue weighted by molar-refractivity contribution is -0.123. The van der Waals surface area contributed by atoms with Gasteiger partial charge in [0, 0.05) is 26.2 Å². The van der Waals surface area contributed by atoms with Crippen molar-refractivity contribution in [3.05, 3.63) is 42.2 Å². The number of hydrogen-bond acceptors (Lipinski definition) is 8. The number of aromatic nitrogens is 4. The van der Waals surface area contributed by atoms with Gasteiger partial charge in [0.15, 0.2) is 17.5 Å². The molecule has 0 aromatic carbocycles. The van der Waals surface area contributed by atoms with Crippen molar-refractivity contribution in [1.29, 1.82) is 0 Å². The minimum Gasteiger partial charge on any atom is -0.439 e. The number of urea groups is 1. The molecule has 5 rings (SSSR count). The monoisotopic (exact) mass is 488 g/mol. The lowest BCUT2D eigenvalue weighted by Gasteiger charge is -2.35. The topological polar surface area (TPSA) is 129 Å². The first kappa shape index (κ1) is 22.6. The van der Waals surface area contributed by atoms with Crippen molar-refractivity contribution in [1.82, 2.24) is 25.3 Å². The molecule has 2 aliphatic heterocycles. The van der Waals surface area contributed by atoms with E-state index in [2.05, 4.69) is 25.3 Å². The van der Waals surface area contributed by atoms with Gasteiger partial charge in [-0.05, 0) is 24.6 Å². The molecule has 35 heavy (non-hydrogen) atoms. The highest BCUT2D eigenvalue weighted by Gasteiger charge is 2.41. The van der Waals surface area contributed by atoms with Gasteiger partial charge in [0.1, 0.15) is 17.9 Å². The summed E-state index contributed by atoms with van der Waals surface area (Å²) in [6, 6.07) is 3.70. The van der Waals surface area contributed by atoms with Crippen molar-refractivity contribution < 1.29 is 27.2 Å². The van der Waals surface area contributed by atoms with Gasteiger partial charge in [0.25, 0.3) is 5.91 Å². The normalized spacial score (nSPS) is 16.7. The van der Waals surface area contributed by atoms with E-state index in [-0.39, 0.29) is 23.5 Å². The minimum atomic E-state index is -4.56. The Kier molecular flexibility index (Phi) is 5.49. The van der Waals surface area contributed by atoms with Crippen LogP contribution in [0.1, 0.15) is 22.8 Å². The van der Waals surface area contributed by atoms with Crippen molar-refractivity contribution in [2.24, 2.45) is 0 Å². The number of carbonyl (C=O) groups excluding carboxylic acids is 2. The molecular weight excluding hydrogens is 469 g/mol. The minimum absolute atomic E-state index is 0.0163. The molecule has 0 aliphatic carbocycles. The van der Waals surface area contributed by atoms with Crippen LogP contribution in [0.3, 0.4) is 0 Å². The number of fused-ring (bicyclic) bond motifs is 4. The molecule has 5 heterocycles. The van der Waals surface area contributed by atoms with Crippen molar-refractivity contribution in [3.8, 4) is 11.5 Å². The average molecular weight is 488 g/mol. The summed E-state index contributed by atoms with van der Waals surface area (Å²) in [6.07, 6.45) is -0.942. The van der Waals surface area contributed by atoms with Crippen LogP contribution in [0.5, 0.6) is 0 Å². The van der Waals surface area contributed by atoms with Gasteiger partial charge in [0.05, 0.1) is 17.9 Å². The van der Waals surface area contributed by atoms with E-state index in [9.17, 15) is 22.8 Å². The fourth-order valence-electron chi connectivity index (χ4n) is 4.06. The van der Waals surface area contributed by atoms with Crippen LogP contribution in [0.4, 0.5) is 35.4 Å². The third kappa shape index (κ3) is 4.58. The second-order valence-electron chi connectivity index (χ2n) is 8.03. The van der Waals surface area contributed by atoms with Crippen LogP contribution in [0.15, 0.2) is 35.0 Å². The van der Waals surface area contributed by atoms with E-state index in [4.69, 9.17) is 4.42 Å². The molecule has 1 atom stereocenters. The first-order chi connectivity index (χ1) is 16.7. The average Bonchev–Trinajstić information content (AvgIpc) is 3.44. The molecular formula is C21H19F3N8O3. The van der Waals surface area contributed by atoms with Crippen LogP contribution in [0, 0.1) is 6.92 Å². The zero-order valence-electron chi connectivity index (χ0n) is 18.3. The molecule has 0 radical (unpaired) electrons. The first-order valence-electron chi connectivity index (χ1n) is 10.6. The largest absolute Gasteiger partial charge is 0.439 e. The summed E-state index contributed by atoms with van der Waals surface area (Å²) in [4.78, 5) is 45.6. The Hall–Kier alpha value is -4.23. The number of nitrogens with one attached hydrogen (secondary N) is 2. The zero-order chi connectivity index (χ0) is 24.7. The maximum atomic E-state index is 13.3. The molecule has 1 fully saturated rings. The summed E-state index contributed by atoms with van der Waals surface area (Å²) in [7, 11) is 0. The van der Waals surface area contributed by atoms with Gasteiger partial charge in [-0.25, -0.2) is 24.7 Å². The highest BCUT2D eigenvalue weighted by Crippen LogP contribution is 2.39. The number of amides is 3. The molecule has 2 bridgehead atoms. The van der Waals surface area contributed by atoms with Crippen LogP contribution in [0.2, 0.25) is 0 Å². The molecule has 0 saturated carbocycles. The Morgan fingerprint density at radius 1 is 1.20 bits per heavy atom. The van der Waals surface area contributed by atoms with Crippen LogP contribution in [0.25, 0.3) is 11.5 Å². The predicted octanol–water partition coefficient (Wildman–Crippen LogP) is 2.76. The Morgan fingerprint density at radius 3 is 2.77 bits per heavy atom. The first-order valence-corrected chi connectivity index (χ1v) is 10.6. The Bertz CT molecular complexity index is 1290. The maximum absolute atomic E-state index is 13.3. The van der Waals surface area contributed by atoms with Crippen LogP contribution in [-0.2, 0) is 0 Å². The fraction of sp³-hybridized carbons (Fsp3) is 0.333. The number of carbonyl (C=O) groups is 2. The molecule has 0 spiro atoms. The van der Waals surface area contributed by atoms with Crippen LogP contribution in [-0.4, -0.2) is 63.7 Å². The number of anilines is 3. The molecule has 3 aromatic heterocycles. The summed E-state index contributed by atoms with van der Waals surface area (Å²) < 4.78 is 43.0. The SMILES string of the molecule is Cc1ncc(-c2ccnc(NC(=O)N3c4nc(C(=O)NCC(F)(F)F)ccc4N4CC[C@H]3C4)n2)o1. The van der Waals surface area contributed by atoms with Gasteiger partial charge in [-0.1, -0.05) is 0 Å². The molecule has 182 valence electrons. The van der Waals surface area contributed by atoms with Crippen molar-refractivity contribution >= 4 is 29.4 Å². The number of hydrogen-bond donors (Lipinski definition) is 2. The lowest BCUT2D eigenvalue weighted by atomic mass is 10.1. The van der Waals surface area contributed by atoms with E-state index < -0.39 is 24.7 Å². The van der Waals surface area contributed by atoms with Gasteiger partial charge >= 0.3 is 12.2 Å². The van der Waals surface area contributed by atoms with Crippen LogP contribution < -0.4 is 20.4 Å². The number of pyridine rings is 1. The zero-order valence-corrected chi connectivity index (χ0v) is 18.3. The molecule has 0 unspecified atom stereocenters. The summed E-state index contributed by atoms with van der Waals surface area (Å²) in [5.41, 5.74) is 0.795. The molecule has 14 heteroatoms. The highest BCUT2D eigenvalue weighted by molar-refractivity contribution is 6.04. The molecule has 11 nitrogen and oxygen atoms in total. The number of alkyl halides is 3. The van der Waals surface area contributed by atoms with Crippen molar-refractivity contribution in [3.63, 3.8) is 0 Å². The summed E-state index contributed by atoms with van der Waals surface area (Å²) in [6.45, 7) is 1.43. The molecule has 3 amide bonds. The van der Waals surface area contributed by atoms with Gasteiger partial charge in [-0.15, -0.1) is 0 Å². The molecule has 1 saturated heterocycles. The molecule has 2 aliphatic rings. The summed E-state index contributed by atoms with van der Waals surface area (Å²) in [5, 5.41) is 4.44. The maximum Gasteiger partial charge on any atom is 0.405 e. The van der Waals surface area contributed by atoms with Crippen molar-refractivity contribution in [2.75, 3.05) is 34.8 Å². The number of halogens is 3. The number of oxazole rings is 1. The van der Waals surface area contributed by atoms with E-state index in [0.29, 0.717) is 42.5 Å². The van der Waals surface area contributed by atoms with Crippen LogP contribution >= 0.6 is 0 Å². The van der Waals surface area contributed by atoms with E-state index in [0.717, 1.165) is 0 Å². The molecule has 3 aromatic rings. The van der Waals surface area contributed by atoms with E-state index in [1.54, 1.807) is 24.4 Å². The van der Waals surface area contributed by atoms with E-state index in [1.807, 2.05) is 4.90 Å².